The number of rotatable bonds is 4. The zero-order valence-corrected chi connectivity index (χ0v) is 32.0. The summed E-state index contributed by atoms with van der Waals surface area (Å²) in [5.41, 5.74) is 17.8. The molecule has 0 radical (unpaired) electrons. The number of fused-ring (bicyclic) bond motifs is 1. The Hall–Kier alpha value is -8.94. The standard InChI is InChI=1S/C54H34N2O4/c55-49-35-43(27-31-51(49)57)59-53-41(25-21-37-13-5-1-6-14-37)33-47-46(30-24-40-19-11-4-12-20-40)54(60-44-28-32-52(58)50(56)36-44)42(26-22-38-15-7-2-8-16-38)34-48(47)45(53)29-23-39-17-9-3-10-18-39/h1-20,27-28,31-36,57-58H,55-56H2. The van der Waals surface area contributed by atoms with Gasteiger partial charge in [0, 0.05) is 45.2 Å². The highest BCUT2D eigenvalue weighted by molar-refractivity contribution is 6.00. The largest absolute Gasteiger partial charge is 0.506 e. The Morgan fingerprint density at radius 3 is 0.983 bits per heavy atom. The monoisotopic (exact) mass is 774 g/mol. The highest BCUT2D eigenvalue weighted by Crippen LogP contribution is 2.42. The number of aromatic hydroxyl groups is 2. The van der Waals surface area contributed by atoms with E-state index in [9.17, 15) is 10.2 Å². The molecule has 0 spiro atoms. The normalized spacial score (nSPS) is 10.1. The van der Waals surface area contributed by atoms with Gasteiger partial charge in [-0.15, -0.1) is 0 Å². The molecule has 0 aliphatic rings. The third-order valence-corrected chi connectivity index (χ3v) is 9.23. The summed E-state index contributed by atoms with van der Waals surface area (Å²) >= 11 is 0. The van der Waals surface area contributed by atoms with Crippen molar-refractivity contribution < 1.29 is 19.7 Å². The SMILES string of the molecule is Nc1cc(Oc2c(C#Cc3ccccc3)cc3c(C#Cc4ccccc4)c(Oc4ccc(O)c(N)c4)c(C#Cc4ccccc4)cc3c2C#Cc2ccccc2)ccc1O. The third kappa shape index (κ3) is 8.86. The van der Waals surface area contributed by atoms with Crippen LogP contribution in [-0.2, 0) is 0 Å². The van der Waals surface area contributed by atoms with E-state index < -0.39 is 0 Å². The van der Waals surface area contributed by atoms with Crippen molar-refractivity contribution in [3.05, 3.63) is 214 Å². The summed E-state index contributed by atoms with van der Waals surface area (Å²) < 4.78 is 13.4. The molecular weight excluding hydrogens is 741 g/mol. The van der Waals surface area contributed by atoms with Gasteiger partial charge in [0.25, 0.3) is 0 Å². The van der Waals surface area contributed by atoms with Crippen LogP contribution >= 0.6 is 0 Å². The van der Waals surface area contributed by atoms with E-state index in [4.69, 9.17) is 20.9 Å². The number of ether oxygens (including phenoxy) is 2. The van der Waals surface area contributed by atoms with Crippen molar-refractivity contribution in [2.24, 2.45) is 0 Å². The fourth-order valence-electron chi connectivity index (χ4n) is 6.21. The molecule has 8 aromatic carbocycles. The Balaban J connectivity index is 1.51. The Labute approximate surface area is 348 Å². The summed E-state index contributed by atoms with van der Waals surface area (Å²) in [4.78, 5) is 0. The van der Waals surface area contributed by atoms with Gasteiger partial charge < -0.3 is 31.2 Å². The minimum Gasteiger partial charge on any atom is -0.506 e. The lowest BCUT2D eigenvalue weighted by Crippen LogP contribution is -2.00. The number of hydrogen-bond donors (Lipinski definition) is 4. The van der Waals surface area contributed by atoms with Gasteiger partial charge in [-0.3, -0.25) is 0 Å². The molecule has 0 fully saturated rings. The molecule has 0 aliphatic carbocycles. The van der Waals surface area contributed by atoms with Crippen molar-refractivity contribution in [3.8, 4) is 81.9 Å². The van der Waals surface area contributed by atoms with Gasteiger partial charge >= 0.3 is 0 Å². The van der Waals surface area contributed by atoms with Crippen LogP contribution in [-0.4, -0.2) is 10.2 Å². The second-order valence-electron chi connectivity index (χ2n) is 13.5. The number of nitrogens with two attached hydrogens (primary N) is 2. The van der Waals surface area contributed by atoms with E-state index in [1.165, 1.54) is 12.1 Å². The van der Waals surface area contributed by atoms with Crippen LogP contribution in [0.2, 0.25) is 0 Å². The van der Waals surface area contributed by atoms with Crippen LogP contribution in [0, 0.1) is 47.4 Å². The quantitative estimate of drug-likeness (QED) is 0.0805. The van der Waals surface area contributed by atoms with Crippen LogP contribution in [0.25, 0.3) is 10.8 Å². The number of phenolic OH excluding ortho intramolecular Hbond substituents is 2. The average molecular weight is 775 g/mol. The summed E-state index contributed by atoms with van der Waals surface area (Å²) in [7, 11) is 0. The predicted molar refractivity (Wildman–Crippen MR) is 239 cm³/mol. The molecule has 0 bridgehead atoms. The molecule has 0 heterocycles. The molecule has 0 aliphatic heterocycles. The number of anilines is 2. The molecule has 0 aromatic heterocycles. The summed E-state index contributed by atoms with van der Waals surface area (Å²) in [5.74, 6) is 28.2. The van der Waals surface area contributed by atoms with E-state index in [0.29, 0.717) is 56.0 Å². The van der Waals surface area contributed by atoms with E-state index >= 15 is 0 Å². The van der Waals surface area contributed by atoms with Crippen molar-refractivity contribution in [2.75, 3.05) is 11.5 Å². The third-order valence-electron chi connectivity index (χ3n) is 9.23. The van der Waals surface area contributed by atoms with Crippen LogP contribution in [0.5, 0.6) is 34.5 Å². The summed E-state index contributed by atoms with van der Waals surface area (Å²) in [5, 5.41) is 21.9. The molecule has 0 unspecified atom stereocenters. The minimum atomic E-state index is -0.0692. The smallest absolute Gasteiger partial charge is 0.159 e. The van der Waals surface area contributed by atoms with Crippen molar-refractivity contribution in [1.82, 2.24) is 0 Å². The van der Waals surface area contributed by atoms with Crippen LogP contribution in [0.1, 0.15) is 44.5 Å². The molecule has 8 aromatic rings. The van der Waals surface area contributed by atoms with E-state index in [1.807, 2.05) is 133 Å². The Morgan fingerprint density at radius 1 is 0.350 bits per heavy atom. The highest BCUT2D eigenvalue weighted by Gasteiger charge is 2.22. The summed E-state index contributed by atoms with van der Waals surface area (Å²) in [6, 6.07) is 51.7. The number of benzene rings is 8. The molecule has 6 heteroatoms. The lowest BCUT2D eigenvalue weighted by atomic mass is 9.92. The maximum Gasteiger partial charge on any atom is 0.159 e. The average Bonchev–Trinajstić information content (AvgIpc) is 3.28. The molecule has 284 valence electrons. The first kappa shape index (κ1) is 38.0. The van der Waals surface area contributed by atoms with Gasteiger partial charge in [-0.25, -0.2) is 0 Å². The predicted octanol–water partition coefficient (Wildman–Crippen LogP) is 10.6. The van der Waals surface area contributed by atoms with Crippen LogP contribution < -0.4 is 20.9 Å². The van der Waals surface area contributed by atoms with Gasteiger partial charge in [0.05, 0.1) is 33.6 Å². The van der Waals surface area contributed by atoms with Crippen molar-refractivity contribution in [1.29, 1.82) is 0 Å². The van der Waals surface area contributed by atoms with Gasteiger partial charge in [0.15, 0.2) is 11.5 Å². The van der Waals surface area contributed by atoms with Crippen LogP contribution in [0.15, 0.2) is 170 Å². The molecule has 6 N–H and O–H groups in total. The fourth-order valence-corrected chi connectivity index (χ4v) is 6.21. The second-order valence-corrected chi connectivity index (χ2v) is 13.5. The Kier molecular flexibility index (Phi) is 11.0. The fraction of sp³-hybridized carbons (Fsp3) is 0. The zero-order chi connectivity index (χ0) is 41.3. The van der Waals surface area contributed by atoms with Crippen LogP contribution in [0.4, 0.5) is 11.4 Å². The highest BCUT2D eigenvalue weighted by atomic mass is 16.5. The molecule has 0 atom stereocenters. The first-order chi connectivity index (χ1) is 29.4. The van der Waals surface area contributed by atoms with E-state index in [-0.39, 0.29) is 22.9 Å². The maximum atomic E-state index is 10.3. The Bertz CT molecular complexity index is 2920. The molecule has 0 saturated heterocycles. The van der Waals surface area contributed by atoms with Gasteiger partial charge in [0.2, 0.25) is 0 Å². The number of nitrogen functional groups attached to an aromatic ring is 2. The van der Waals surface area contributed by atoms with Crippen molar-refractivity contribution in [3.63, 3.8) is 0 Å². The van der Waals surface area contributed by atoms with Crippen molar-refractivity contribution in [2.45, 2.75) is 0 Å². The zero-order valence-electron chi connectivity index (χ0n) is 32.0. The summed E-state index contributed by atoms with van der Waals surface area (Å²) in [6.07, 6.45) is 0. The molecule has 0 amide bonds. The van der Waals surface area contributed by atoms with Crippen molar-refractivity contribution >= 4 is 22.1 Å². The van der Waals surface area contributed by atoms with Gasteiger partial charge in [-0.2, -0.15) is 0 Å². The molecule has 0 saturated carbocycles. The second kappa shape index (κ2) is 17.5. The topological polar surface area (TPSA) is 111 Å². The minimum absolute atomic E-state index is 0.0692. The van der Waals surface area contributed by atoms with E-state index in [1.54, 1.807) is 24.3 Å². The number of phenols is 2. The maximum absolute atomic E-state index is 10.3. The van der Waals surface area contributed by atoms with E-state index in [2.05, 4.69) is 47.4 Å². The lowest BCUT2D eigenvalue weighted by Gasteiger charge is -2.18. The lowest BCUT2D eigenvalue weighted by molar-refractivity contribution is 0.465. The van der Waals surface area contributed by atoms with Gasteiger partial charge in [-0.05, 0) is 84.9 Å². The molecule has 60 heavy (non-hydrogen) atoms. The first-order valence-corrected chi connectivity index (χ1v) is 18.9. The van der Waals surface area contributed by atoms with Gasteiger partial charge in [-0.1, -0.05) is 120 Å². The molecule has 6 nitrogen and oxygen atoms in total. The Morgan fingerprint density at radius 2 is 0.667 bits per heavy atom. The van der Waals surface area contributed by atoms with E-state index in [0.717, 1.165) is 22.3 Å². The number of hydrogen-bond acceptors (Lipinski definition) is 6. The van der Waals surface area contributed by atoms with Crippen LogP contribution in [0.3, 0.4) is 0 Å². The molecular formula is C54H34N2O4. The summed E-state index contributed by atoms with van der Waals surface area (Å²) in [6.45, 7) is 0. The first-order valence-electron chi connectivity index (χ1n) is 18.9. The van der Waals surface area contributed by atoms with Gasteiger partial charge in [0.1, 0.15) is 23.0 Å². The molecule has 8 rings (SSSR count).